The summed E-state index contributed by atoms with van der Waals surface area (Å²) >= 11 is 0. The first-order chi connectivity index (χ1) is 6.50. The van der Waals surface area contributed by atoms with Gasteiger partial charge in [0.1, 0.15) is 0 Å². The molecule has 0 amide bonds. The number of nitrogens with one attached hydrogen (secondary N) is 1. The maximum Gasteiger partial charge on any atom is 0.0000203 e. The van der Waals surface area contributed by atoms with Gasteiger partial charge in [0, 0.05) is 13.1 Å². The van der Waals surface area contributed by atoms with Crippen LogP contribution in [0.4, 0.5) is 0 Å². The maximum absolute atomic E-state index is 4.01. The van der Waals surface area contributed by atoms with Crippen molar-refractivity contribution < 1.29 is 0 Å². The molecule has 1 heterocycles. The summed E-state index contributed by atoms with van der Waals surface area (Å²) in [7, 11) is 0. The quantitative estimate of drug-likeness (QED) is 0.677. The lowest BCUT2D eigenvalue weighted by Gasteiger charge is -2.44. The number of hydrogen-bond acceptors (Lipinski definition) is 1. The summed E-state index contributed by atoms with van der Waals surface area (Å²) in [4.78, 5) is 0. The van der Waals surface area contributed by atoms with Gasteiger partial charge in [-0.1, -0.05) is 31.6 Å². The van der Waals surface area contributed by atoms with Gasteiger partial charge in [0.05, 0.1) is 0 Å². The number of rotatable bonds is 4. The first-order valence-electron chi connectivity index (χ1n) is 5.50. The number of allylic oxidation sites excluding steroid dienone is 3. The Morgan fingerprint density at radius 1 is 1.50 bits per heavy atom. The third kappa shape index (κ3) is 2.09. The second-order valence-electron chi connectivity index (χ2n) is 4.96. The Labute approximate surface area is 88.3 Å². The third-order valence-corrected chi connectivity index (χ3v) is 3.67. The minimum atomic E-state index is 0.252. The van der Waals surface area contributed by atoms with Crippen molar-refractivity contribution in [2.75, 3.05) is 13.1 Å². The first-order valence-corrected chi connectivity index (χ1v) is 5.50. The van der Waals surface area contributed by atoms with Crippen molar-refractivity contribution in [3.05, 3.63) is 24.3 Å². The second-order valence-corrected chi connectivity index (χ2v) is 4.96. The Hall–Kier alpha value is -0.560. The molecule has 1 aliphatic heterocycles. The molecular weight excluding hydrogens is 170 g/mol. The van der Waals surface area contributed by atoms with Crippen molar-refractivity contribution in [1.29, 1.82) is 0 Å². The van der Waals surface area contributed by atoms with E-state index in [4.69, 9.17) is 0 Å². The molecule has 1 N–H and O–H groups in total. The largest absolute Gasteiger partial charge is 0.316 e. The van der Waals surface area contributed by atoms with E-state index < -0.39 is 0 Å². The third-order valence-electron chi connectivity index (χ3n) is 3.67. The van der Waals surface area contributed by atoms with Crippen LogP contribution in [0.15, 0.2) is 24.3 Å². The molecule has 0 aliphatic carbocycles. The molecule has 80 valence electrons. The summed E-state index contributed by atoms with van der Waals surface area (Å²) in [6.45, 7) is 15.3. The van der Waals surface area contributed by atoms with Crippen LogP contribution in [0.1, 0.15) is 27.7 Å². The average Bonchev–Trinajstić information content (AvgIpc) is 1.99. The highest BCUT2D eigenvalue weighted by Gasteiger charge is 2.38. The molecule has 1 heteroatoms. The van der Waals surface area contributed by atoms with Crippen molar-refractivity contribution in [1.82, 2.24) is 5.32 Å². The van der Waals surface area contributed by atoms with Crippen LogP contribution in [0.2, 0.25) is 0 Å². The molecule has 1 rings (SSSR count). The summed E-state index contributed by atoms with van der Waals surface area (Å²) in [6, 6.07) is 0. The molecule has 2 unspecified atom stereocenters. The maximum atomic E-state index is 4.01. The minimum absolute atomic E-state index is 0.252. The molecule has 0 saturated carbocycles. The molecule has 1 saturated heterocycles. The lowest BCUT2D eigenvalue weighted by Crippen LogP contribution is -2.52. The van der Waals surface area contributed by atoms with Gasteiger partial charge in [-0.15, -0.1) is 6.58 Å². The van der Waals surface area contributed by atoms with Gasteiger partial charge < -0.3 is 5.32 Å². The van der Waals surface area contributed by atoms with Crippen LogP contribution >= 0.6 is 0 Å². The van der Waals surface area contributed by atoms with Gasteiger partial charge in [-0.05, 0) is 31.1 Å². The lowest BCUT2D eigenvalue weighted by molar-refractivity contribution is 0.135. The highest BCUT2D eigenvalue weighted by atomic mass is 15.0. The Balaban J connectivity index is 2.77. The van der Waals surface area contributed by atoms with Gasteiger partial charge in [0.15, 0.2) is 0 Å². The van der Waals surface area contributed by atoms with E-state index in [-0.39, 0.29) is 5.41 Å². The van der Waals surface area contributed by atoms with Gasteiger partial charge in [-0.2, -0.15) is 0 Å². The molecule has 0 aromatic rings. The van der Waals surface area contributed by atoms with Crippen LogP contribution in [0.3, 0.4) is 0 Å². The van der Waals surface area contributed by atoms with Crippen molar-refractivity contribution in [3.8, 4) is 0 Å². The van der Waals surface area contributed by atoms with E-state index >= 15 is 0 Å². The van der Waals surface area contributed by atoms with Gasteiger partial charge in [-0.25, -0.2) is 0 Å². The summed E-state index contributed by atoms with van der Waals surface area (Å²) in [5, 5.41) is 3.34. The average molecular weight is 193 g/mol. The molecule has 0 spiro atoms. The molecule has 14 heavy (non-hydrogen) atoms. The van der Waals surface area contributed by atoms with Crippen LogP contribution in [0.25, 0.3) is 0 Å². The molecule has 0 bridgehead atoms. The van der Waals surface area contributed by atoms with Gasteiger partial charge in [-0.3, -0.25) is 0 Å². The molecule has 0 aromatic carbocycles. The fourth-order valence-electron chi connectivity index (χ4n) is 2.13. The molecule has 0 aromatic heterocycles. The monoisotopic (exact) mass is 193 g/mol. The topological polar surface area (TPSA) is 12.0 Å². The van der Waals surface area contributed by atoms with Gasteiger partial charge in [0.25, 0.3) is 0 Å². The van der Waals surface area contributed by atoms with Crippen LogP contribution in [0.5, 0.6) is 0 Å². The zero-order valence-electron chi connectivity index (χ0n) is 9.93. The molecular formula is C13H23N. The Kier molecular flexibility index (Phi) is 3.54. The smallest absolute Gasteiger partial charge is 0.0000203 e. The van der Waals surface area contributed by atoms with E-state index in [0.717, 1.165) is 19.0 Å². The van der Waals surface area contributed by atoms with E-state index in [1.54, 1.807) is 0 Å². The minimum Gasteiger partial charge on any atom is -0.316 e. The second kappa shape index (κ2) is 4.31. The van der Waals surface area contributed by atoms with Crippen molar-refractivity contribution in [3.63, 3.8) is 0 Å². The molecule has 1 fully saturated rings. The normalized spacial score (nSPS) is 23.1. The summed E-state index contributed by atoms with van der Waals surface area (Å²) in [5.74, 6) is 1.34. The van der Waals surface area contributed by atoms with Crippen LogP contribution < -0.4 is 5.32 Å². The standard InChI is InChI=1S/C13H23N/c1-6-13(5,12-8-14-9-12)11(4)7-10(2)3/h6-7,11-12,14H,1,8-9H2,2-5H3. The summed E-state index contributed by atoms with van der Waals surface area (Å²) in [5.41, 5.74) is 1.65. The summed E-state index contributed by atoms with van der Waals surface area (Å²) in [6.07, 6.45) is 4.50. The summed E-state index contributed by atoms with van der Waals surface area (Å²) < 4.78 is 0. The zero-order valence-corrected chi connectivity index (χ0v) is 9.93. The molecule has 0 radical (unpaired) electrons. The Morgan fingerprint density at radius 3 is 2.36 bits per heavy atom. The zero-order chi connectivity index (χ0) is 10.8. The first kappa shape index (κ1) is 11.5. The fraction of sp³-hybridized carbons (Fsp3) is 0.692. The lowest BCUT2D eigenvalue weighted by atomic mass is 9.66. The Bertz CT molecular complexity index is 234. The molecule has 1 nitrogen and oxygen atoms in total. The van der Waals surface area contributed by atoms with Gasteiger partial charge >= 0.3 is 0 Å². The predicted molar refractivity (Wildman–Crippen MR) is 63.3 cm³/mol. The van der Waals surface area contributed by atoms with E-state index in [0.29, 0.717) is 5.92 Å². The predicted octanol–water partition coefficient (Wildman–Crippen LogP) is 3.00. The van der Waals surface area contributed by atoms with E-state index in [2.05, 4.69) is 51.7 Å². The van der Waals surface area contributed by atoms with Gasteiger partial charge in [0.2, 0.25) is 0 Å². The highest BCUT2D eigenvalue weighted by molar-refractivity contribution is 5.10. The molecule has 1 aliphatic rings. The van der Waals surface area contributed by atoms with Crippen LogP contribution in [-0.2, 0) is 0 Å². The SMILES string of the molecule is C=CC(C)(C(C)C=C(C)C)C1CNC1. The van der Waals surface area contributed by atoms with E-state index in [9.17, 15) is 0 Å². The van der Waals surface area contributed by atoms with Crippen molar-refractivity contribution >= 4 is 0 Å². The van der Waals surface area contributed by atoms with Crippen LogP contribution in [-0.4, -0.2) is 13.1 Å². The molecule has 2 atom stereocenters. The van der Waals surface area contributed by atoms with Crippen molar-refractivity contribution in [2.24, 2.45) is 17.3 Å². The van der Waals surface area contributed by atoms with Crippen molar-refractivity contribution in [2.45, 2.75) is 27.7 Å². The van der Waals surface area contributed by atoms with E-state index in [1.165, 1.54) is 5.57 Å². The fourth-order valence-corrected chi connectivity index (χ4v) is 2.13. The Morgan fingerprint density at radius 2 is 2.07 bits per heavy atom. The van der Waals surface area contributed by atoms with Crippen LogP contribution in [0, 0.1) is 17.3 Å². The van der Waals surface area contributed by atoms with E-state index in [1.807, 2.05) is 0 Å². The highest BCUT2D eigenvalue weighted by Crippen LogP contribution is 2.40. The number of hydrogen-bond donors (Lipinski definition) is 1.